The molecule has 0 atom stereocenters. The number of rotatable bonds is 5. The number of likely N-dealkylation sites (N-methyl/N-ethyl adjacent to an activating group) is 1. The summed E-state index contributed by atoms with van der Waals surface area (Å²) in [5.74, 6) is 1.91. The van der Waals surface area contributed by atoms with Gasteiger partial charge in [0.15, 0.2) is 0 Å². The van der Waals surface area contributed by atoms with Crippen LogP contribution in [0.1, 0.15) is 49.9 Å². The largest absolute Gasteiger partial charge is 0.370 e. The minimum atomic E-state index is -0.269. The quantitative estimate of drug-likeness (QED) is 0.463. The molecule has 0 aliphatic carbocycles. The van der Waals surface area contributed by atoms with Crippen LogP contribution in [0.2, 0.25) is 0 Å². The second kappa shape index (κ2) is 11.2. The Morgan fingerprint density at radius 1 is 1.21 bits per heavy atom. The van der Waals surface area contributed by atoms with Gasteiger partial charge >= 0.3 is 0 Å². The Balaban J connectivity index is 0.00000306. The van der Waals surface area contributed by atoms with Gasteiger partial charge in [0.2, 0.25) is 0 Å². The number of thioether (sulfide) groups is 1. The highest BCUT2D eigenvalue weighted by Gasteiger charge is 2.33. The normalized spacial score (nSPS) is 18.1. The van der Waals surface area contributed by atoms with Crippen LogP contribution >= 0.6 is 27.7 Å². The molecule has 33 heavy (non-hydrogen) atoms. The van der Waals surface area contributed by atoms with Crippen molar-refractivity contribution in [1.82, 2.24) is 9.88 Å². The van der Waals surface area contributed by atoms with Crippen molar-refractivity contribution in [2.45, 2.75) is 57.8 Å². The molecule has 0 saturated carbocycles. The first-order chi connectivity index (χ1) is 15.4. The molecule has 2 aliphatic heterocycles. The van der Waals surface area contributed by atoms with Crippen LogP contribution in [0, 0.1) is 11.3 Å². The maximum Gasteiger partial charge on any atom is 0.135 e. The SMILES string of the molecule is C.CN1CCCN(c2nc(SCCc3cccc(Br)c3)c(C#N)c3c2COC(C)(C)C3)CC1. The average molecular weight is 532 g/mol. The molecule has 0 bridgehead atoms. The number of hydrogen-bond acceptors (Lipinski definition) is 6. The number of aromatic nitrogens is 1. The van der Waals surface area contributed by atoms with E-state index in [0.717, 1.165) is 83.2 Å². The van der Waals surface area contributed by atoms with E-state index in [0.29, 0.717) is 6.61 Å². The molecule has 1 fully saturated rings. The molecule has 7 heteroatoms. The highest BCUT2D eigenvalue weighted by molar-refractivity contribution is 9.10. The maximum atomic E-state index is 10.1. The van der Waals surface area contributed by atoms with E-state index in [1.54, 1.807) is 11.8 Å². The van der Waals surface area contributed by atoms with Crippen LogP contribution in [0.3, 0.4) is 0 Å². The van der Waals surface area contributed by atoms with Crippen molar-refractivity contribution >= 4 is 33.5 Å². The van der Waals surface area contributed by atoms with Crippen LogP contribution in [-0.2, 0) is 24.2 Å². The van der Waals surface area contributed by atoms with Gasteiger partial charge in [0.25, 0.3) is 0 Å². The summed E-state index contributed by atoms with van der Waals surface area (Å²) in [6, 6.07) is 10.9. The molecule has 1 saturated heterocycles. The van der Waals surface area contributed by atoms with Crippen LogP contribution in [0.5, 0.6) is 0 Å². The summed E-state index contributed by atoms with van der Waals surface area (Å²) in [6.07, 6.45) is 2.80. The molecule has 1 aromatic heterocycles. The lowest BCUT2D eigenvalue weighted by Gasteiger charge is -2.35. The number of aryl methyl sites for hydroxylation is 1. The Bertz CT molecular complexity index is 1020. The molecule has 178 valence electrons. The standard InChI is InChI=1S/C25H31BrN4OS.CH4/c1-25(2)15-20-21(16-27)24(32-13-8-18-6-4-7-19(26)14-18)28-23(22(20)17-31-25)30-10-5-9-29(3)11-12-30;/h4,6-7,14H,5,8-13,15,17H2,1-3H3;1H4. The van der Waals surface area contributed by atoms with Crippen molar-refractivity contribution in [2.24, 2.45) is 0 Å². The number of pyridine rings is 1. The number of nitriles is 1. The molecular formula is C26H35BrN4OS. The van der Waals surface area contributed by atoms with Gasteiger partial charge in [0, 0.05) is 41.8 Å². The van der Waals surface area contributed by atoms with Gasteiger partial charge in [0.1, 0.15) is 16.9 Å². The average Bonchev–Trinajstić information content (AvgIpc) is 2.97. The van der Waals surface area contributed by atoms with Crippen molar-refractivity contribution in [3.8, 4) is 6.07 Å². The second-order valence-electron chi connectivity index (χ2n) is 9.28. The summed E-state index contributed by atoms with van der Waals surface area (Å²) >= 11 is 5.26. The fourth-order valence-corrected chi connectivity index (χ4v) is 5.87. The lowest BCUT2D eigenvalue weighted by Crippen LogP contribution is -2.36. The first kappa shape index (κ1) is 26.0. The third-order valence-corrected chi connectivity index (χ3v) is 7.69. The van der Waals surface area contributed by atoms with Gasteiger partial charge in [-0.2, -0.15) is 5.26 Å². The molecule has 4 rings (SSSR count). The number of benzene rings is 1. The minimum Gasteiger partial charge on any atom is -0.370 e. The fraction of sp³-hybridized carbons (Fsp3) is 0.538. The zero-order valence-corrected chi connectivity index (χ0v) is 21.6. The van der Waals surface area contributed by atoms with Crippen molar-refractivity contribution in [2.75, 3.05) is 43.9 Å². The van der Waals surface area contributed by atoms with E-state index in [1.807, 2.05) is 6.07 Å². The number of hydrogen-bond donors (Lipinski definition) is 0. The molecule has 2 aliphatic rings. The summed E-state index contributed by atoms with van der Waals surface area (Å²) in [7, 11) is 2.18. The summed E-state index contributed by atoms with van der Waals surface area (Å²) in [6.45, 7) is 8.81. The van der Waals surface area contributed by atoms with Gasteiger partial charge in [0.05, 0.1) is 17.8 Å². The van der Waals surface area contributed by atoms with E-state index in [-0.39, 0.29) is 13.0 Å². The smallest absolute Gasteiger partial charge is 0.135 e. The molecule has 3 heterocycles. The van der Waals surface area contributed by atoms with E-state index in [9.17, 15) is 5.26 Å². The highest BCUT2D eigenvalue weighted by Crippen LogP contribution is 2.39. The number of fused-ring (bicyclic) bond motifs is 1. The van der Waals surface area contributed by atoms with Crippen molar-refractivity contribution in [3.05, 3.63) is 51.0 Å². The van der Waals surface area contributed by atoms with E-state index in [4.69, 9.17) is 9.72 Å². The number of halogens is 1. The molecule has 0 amide bonds. The number of ether oxygens (including phenoxy) is 1. The lowest BCUT2D eigenvalue weighted by atomic mass is 9.89. The van der Waals surface area contributed by atoms with Crippen LogP contribution in [0.25, 0.3) is 0 Å². The Kier molecular flexibility index (Phi) is 8.85. The van der Waals surface area contributed by atoms with Crippen molar-refractivity contribution < 1.29 is 4.74 Å². The summed E-state index contributed by atoms with van der Waals surface area (Å²) in [5.41, 5.74) is 4.01. The van der Waals surface area contributed by atoms with Crippen molar-refractivity contribution in [1.29, 1.82) is 5.26 Å². The zero-order chi connectivity index (χ0) is 22.7. The van der Waals surface area contributed by atoms with Crippen LogP contribution in [0.4, 0.5) is 5.82 Å². The topological polar surface area (TPSA) is 52.4 Å². The number of anilines is 1. The summed E-state index contributed by atoms with van der Waals surface area (Å²) in [4.78, 5) is 9.89. The van der Waals surface area contributed by atoms with E-state index >= 15 is 0 Å². The second-order valence-corrected chi connectivity index (χ2v) is 11.3. The molecule has 1 aromatic carbocycles. The molecule has 0 radical (unpaired) electrons. The maximum absolute atomic E-state index is 10.1. The molecule has 0 spiro atoms. The highest BCUT2D eigenvalue weighted by atomic mass is 79.9. The van der Waals surface area contributed by atoms with E-state index in [2.05, 4.69) is 70.9 Å². The van der Waals surface area contributed by atoms with Gasteiger partial charge in [-0.25, -0.2) is 4.98 Å². The predicted octanol–water partition coefficient (Wildman–Crippen LogP) is 5.68. The molecular weight excluding hydrogens is 496 g/mol. The molecule has 0 N–H and O–H groups in total. The third-order valence-electron chi connectivity index (χ3n) is 6.22. The van der Waals surface area contributed by atoms with Crippen molar-refractivity contribution in [3.63, 3.8) is 0 Å². The lowest BCUT2D eigenvalue weighted by molar-refractivity contribution is -0.0402. The first-order valence-electron chi connectivity index (χ1n) is 11.3. The third kappa shape index (κ3) is 6.30. The molecule has 5 nitrogen and oxygen atoms in total. The molecule has 2 aromatic rings. The van der Waals surface area contributed by atoms with Crippen LogP contribution in [-0.4, -0.2) is 54.5 Å². The predicted molar refractivity (Wildman–Crippen MR) is 141 cm³/mol. The van der Waals surface area contributed by atoms with E-state index in [1.165, 1.54) is 5.56 Å². The first-order valence-corrected chi connectivity index (χ1v) is 13.0. The molecule has 0 unspecified atom stereocenters. The van der Waals surface area contributed by atoms with Gasteiger partial charge in [-0.3, -0.25) is 0 Å². The zero-order valence-electron chi connectivity index (χ0n) is 19.2. The monoisotopic (exact) mass is 530 g/mol. The number of nitrogens with zero attached hydrogens (tertiary/aromatic N) is 4. The van der Waals surface area contributed by atoms with E-state index < -0.39 is 0 Å². The van der Waals surface area contributed by atoms with Gasteiger partial charge < -0.3 is 14.5 Å². The Morgan fingerprint density at radius 2 is 2.03 bits per heavy atom. The van der Waals surface area contributed by atoms with Gasteiger partial charge in [-0.15, -0.1) is 11.8 Å². The Hall–Kier alpha value is -1.59. The van der Waals surface area contributed by atoms with Gasteiger partial charge in [-0.1, -0.05) is 35.5 Å². The van der Waals surface area contributed by atoms with Gasteiger partial charge in [-0.05, 0) is 63.5 Å². The van der Waals surface area contributed by atoms with Crippen LogP contribution in [0.15, 0.2) is 33.8 Å². The summed E-state index contributed by atoms with van der Waals surface area (Å²) in [5, 5.41) is 11.0. The summed E-state index contributed by atoms with van der Waals surface area (Å²) < 4.78 is 7.26. The van der Waals surface area contributed by atoms with Crippen LogP contribution < -0.4 is 4.90 Å². The Morgan fingerprint density at radius 3 is 2.79 bits per heavy atom. The minimum absolute atomic E-state index is 0. The fourth-order valence-electron chi connectivity index (χ4n) is 4.42. The Labute approximate surface area is 211 Å².